The van der Waals surface area contributed by atoms with Gasteiger partial charge in [0.25, 0.3) is 0 Å². The molecule has 88 valence electrons. The number of aryl methyl sites for hydroxylation is 2. The monoisotopic (exact) mass is 226 g/mol. The lowest BCUT2D eigenvalue weighted by molar-refractivity contribution is -0.137. The number of halogens is 1. The molecule has 1 aromatic carbocycles. The van der Waals surface area contributed by atoms with E-state index in [1.165, 1.54) is 13.2 Å². The van der Waals surface area contributed by atoms with E-state index in [0.717, 1.165) is 11.1 Å². The Hall–Kier alpha value is -1.58. The van der Waals surface area contributed by atoms with Gasteiger partial charge in [-0.3, -0.25) is 4.79 Å². The Bertz CT molecular complexity index is 365. The Morgan fingerprint density at radius 1 is 1.50 bits per heavy atom. The quantitative estimate of drug-likeness (QED) is 0.839. The molecule has 0 spiro atoms. The minimum absolute atomic E-state index is 0.104. The number of hydrogen-bond acceptors (Lipinski definition) is 2. The van der Waals surface area contributed by atoms with Gasteiger partial charge in [0.15, 0.2) is 11.6 Å². The third-order valence-corrected chi connectivity index (χ3v) is 2.35. The van der Waals surface area contributed by atoms with Crippen molar-refractivity contribution in [1.82, 2.24) is 0 Å². The molecule has 1 N–H and O–H groups in total. The van der Waals surface area contributed by atoms with E-state index in [9.17, 15) is 9.18 Å². The van der Waals surface area contributed by atoms with Crippen LogP contribution >= 0.6 is 0 Å². The van der Waals surface area contributed by atoms with E-state index in [1.54, 1.807) is 6.92 Å². The summed E-state index contributed by atoms with van der Waals surface area (Å²) in [5.41, 5.74) is 1.53. The van der Waals surface area contributed by atoms with Crippen molar-refractivity contribution in [1.29, 1.82) is 0 Å². The molecule has 0 atom stereocenters. The van der Waals surface area contributed by atoms with Crippen molar-refractivity contribution in [2.75, 3.05) is 7.11 Å². The number of carbonyl (C=O) groups is 1. The molecule has 16 heavy (non-hydrogen) atoms. The first kappa shape index (κ1) is 12.5. The molecule has 1 rings (SSSR count). The minimum atomic E-state index is -0.828. The van der Waals surface area contributed by atoms with Gasteiger partial charge in [0.2, 0.25) is 0 Å². The Balaban J connectivity index is 2.72. The molecule has 0 saturated carbocycles. The second kappa shape index (κ2) is 5.49. The highest BCUT2D eigenvalue weighted by atomic mass is 19.1. The normalized spacial score (nSPS) is 10.2. The van der Waals surface area contributed by atoms with Gasteiger partial charge in [-0.2, -0.15) is 0 Å². The number of carboxylic acid groups (broad SMARTS) is 1. The number of hydrogen-bond donors (Lipinski definition) is 1. The second-order valence-corrected chi connectivity index (χ2v) is 3.68. The van der Waals surface area contributed by atoms with Crippen LogP contribution in [0.25, 0.3) is 0 Å². The summed E-state index contributed by atoms with van der Waals surface area (Å²) in [6.07, 6.45) is 1.18. The fourth-order valence-electron chi connectivity index (χ4n) is 1.65. The highest BCUT2D eigenvalue weighted by Crippen LogP contribution is 2.24. The van der Waals surface area contributed by atoms with Gasteiger partial charge in [-0.1, -0.05) is 6.07 Å². The number of methoxy groups -OCH3 is 1. The van der Waals surface area contributed by atoms with E-state index >= 15 is 0 Å². The second-order valence-electron chi connectivity index (χ2n) is 3.68. The largest absolute Gasteiger partial charge is 0.493 e. The smallest absolute Gasteiger partial charge is 0.303 e. The Morgan fingerprint density at radius 2 is 2.19 bits per heavy atom. The van der Waals surface area contributed by atoms with Crippen LogP contribution in [0, 0.1) is 12.7 Å². The van der Waals surface area contributed by atoms with Crippen molar-refractivity contribution in [3.63, 3.8) is 0 Å². The molecule has 0 fully saturated rings. The van der Waals surface area contributed by atoms with Crippen LogP contribution in [-0.4, -0.2) is 18.2 Å². The number of ether oxygens (including phenoxy) is 1. The van der Waals surface area contributed by atoms with Gasteiger partial charge in [0, 0.05) is 6.42 Å². The molecule has 3 nitrogen and oxygen atoms in total. The van der Waals surface area contributed by atoms with Crippen molar-refractivity contribution < 1.29 is 19.0 Å². The maximum atomic E-state index is 13.5. The number of carboxylic acids is 1. The Morgan fingerprint density at radius 3 is 2.69 bits per heavy atom. The molecule has 0 bridgehead atoms. The van der Waals surface area contributed by atoms with Gasteiger partial charge >= 0.3 is 5.97 Å². The Kier molecular flexibility index (Phi) is 4.28. The standard InChI is InChI=1S/C12H15FO3/c1-8-6-9(4-3-5-11(14)15)7-10(13)12(8)16-2/h6-7H,3-5H2,1-2H3,(H,14,15). The van der Waals surface area contributed by atoms with E-state index in [-0.39, 0.29) is 12.2 Å². The molecule has 0 unspecified atom stereocenters. The van der Waals surface area contributed by atoms with Crippen molar-refractivity contribution in [3.8, 4) is 5.75 Å². The summed E-state index contributed by atoms with van der Waals surface area (Å²) < 4.78 is 18.4. The van der Waals surface area contributed by atoms with Crippen molar-refractivity contribution in [2.24, 2.45) is 0 Å². The fraction of sp³-hybridized carbons (Fsp3) is 0.417. The van der Waals surface area contributed by atoms with Crippen LogP contribution in [0.5, 0.6) is 5.75 Å². The first-order chi connectivity index (χ1) is 7.54. The number of benzene rings is 1. The molecular weight excluding hydrogens is 211 g/mol. The van der Waals surface area contributed by atoms with Gasteiger partial charge in [0.1, 0.15) is 0 Å². The predicted molar refractivity (Wildman–Crippen MR) is 58.3 cm³/mol. The molecule has 0 saturated heterocycles. The summed E-state index contributed by atoms with van der Waals surface area (Å²) in [6.45, 7) is 1.77. The van der Waals surface area contributed by atoms with Gasteiger partial charge in [-0.05, 0) is 37.0 Å². The summed E-state index contributed by atoms with van der Waals surface area (Å²) in [6, 6.07) is 3.22. The summed E-state index contributed by atoms with van der Waals surface area (Å²) in [5, 5.41) is 8.49. The SMILES string of the molecule is COc1c(C)cc(CCCC(=O)O)cc1F. The lowest BCUT2D eigenvalue weighted by atomic mass is 10.0. The lowest BCUT2D eigenvalue weighted by Gasteiger charge is -2.08. The van der Waals surface area contributed by atoms with E-state index < -0.39 is 11.8 Å². The zero-order valence-electron chi connectivity index (χ0n) is 9.42. The molecule has 0 radical (unpaired) electrons. The first-order valence-electron chi connectivity index (χ1n) is 5.09. The third-order valence-electron chi connectivity index (χ3n) is 2.35. The topological polar surface area (TPSA) is 46.5 Å². The van der Waals surface area contributed by atoms with Crippen LogP contribution in [0.15, 0.2) is 12.1 Å². The third kappa shape index (κ3) is 3.22. The lowest BCUT2D eigenvalue weighted by Crippen LogP contribution is -1.98. The zero-order chi connectivity index (χ0) is 12.1. The van der Waals surface area contributed by atoms with E-state index in [1.807, 2.05) is 6.07 Å². The first-order valence-corrected chi connectivity index (χ1v) is 5.09. The van der Waals surface area contributed by atoms with Crippen molar-refractivity contribution in [2.45, 2.75) is 26.2 Å². The van der Waals surface area contributed by atoms with Gasteiger partial charge in [-0.25, -0.2) is 4.39 Å². The maximum absolute atomic E-state index is 13.5. The van der Waals surface area contributed by atoms with Crippen LogP contribution in [0.2, 0.25) is 0 Å². The molecule has 0 aliphatic rings. The van der Waals surface area contributed by atoms with Crippen LogP contribution in [-0.2, 0) is 11.2 Å². The summed E-state index contributed by atoms with van der Waals surface area (Å²) in [5.74, 6) is -0.972. The maximum Gasteiger partial charge on any atom is 0.303 e. The van der Waals surface area contributed by atoms with Crippen LogP contribution in [0.3, 0.4) is 0 Å². The minimum Gasteiger partial charge on any atom is -0.493 e. The Labute approximate surface area is 93.9 Å². The van der Waals surface area contributed by atoms with E-state index in [4.69, 9.17) is 9.84 Å². The van der Waals surface area contributed by atoms with Gasteiger partial charge in [-0.15, -0.1) is 0 Å². The molecule has 0 aromatic heterocycles. The average Bonchev–Trinajstić information content (AvgIpc) is 2.16. The predicted octanol–water partition coefficient (Wildman–Crippen LogP) is 2.55. The summed E-state index contributed by atoms with van der Waals surface area (Å²) in [7, 11) is 1.43. The summed E-state index contributed by atoms with van der Waals surface area (Å²) in [4.78, 5) is 10.3. The molecule has 0 aliphatic heterocycles. The van der Waals surface area contributed by atoms with Crippen LogP contribution in [0.4, 0.5) is 4.39 Å². The summed E-state index contributed by atoms with van der Waals surface area (Å²) >= 11 is 0. The average molecular weight is 226 g/mol. The fourth-order valence-corrected chi connectivity index (χ4v) is 1.65. The van der Waals surface area contributed by atoms with Gasteiger partial charge < -0.3 is 9.84 Å². The van der Waals surface area contributed by atoms with Crippen molar-refractivity contribution in [3.05, 3.63) is 29.1 Å². The van der Waals surface area contributed by atoms with Crippen LogP contribution in [0.1, 0.15) is 24.0 Å². The molecule has 0 heterocycles. The van der Waals surface area contributed by atoms with Crippen LogP contribution < -0.4 is 4.74 Å². The molecule has 1 aromatic rings. The van der Waals surface area contributed by atoms with E-state index in [0.29, 0.717) is 12.8 Å². The zero-order valence-corrected chi connectivity index (χ0v) is 9.42. The highest BCUT2D eigenvalue weighted by Gasteiger charge is 2.08. The van der Waals surface area contributed by atoms with Crippen molar-refractivity contribution >= 4 is 5.97 Å². The molecular formula is C12H15FO3. The van der Waals surface area contributed by atoms with Gasteiger partial charge in [0.05, 0.1) is 7.11 Å². The molecule has 4 heteroatoms. The number of rotatable bonds is 5. The molecule has 0 amide bonds. The number of aliphatic carboxylic acids is 1. The highest BCUT2D eigenvalue weighted by molar-refractivity contribution is 5.66. The van der Waals surface area contributed by atoms with E-state index in [2.05, 4.69) is 0 Å². The molecule has 0 aliphatic carbocycles.